The fraction of sp³-hybridized carbons (Fsp3) is 0.533. The van der Waals surface area contributed by atoms with E-state index >= 15 is 0 Å². The van der Waals surface area contributed by atoms with Crippen LogP contribution in [0.4, 0.5) is 15.8 Å². The maximum absolute atomic E-state index is 13.8. The molecule has 1 aliphatic rings. The van der Waals surface area contributed by atoms with Crippen LogP contribution in [0.3, 0.4) is 0 Å². The second-order valence-corrected chi connectivity index (χ2v) is 5.69. The molecule has 0 spiro atoms. The third-order valence-electron chi connectivity index (χ3n) is 3.16. The first-order chi connectivity index (χ1) is 9.86. The third kappa shape index (κ3) is 4.24. The van der Waals surface area contributed by atoms with E-state index in [1.165, 1.54) is 12.1 Å². The predicted molar refractivity (Wildman–Crippen MR) is 80.8 cm³/mol. The number of benzene rings is 1. The van der Waals surface area contributed by atoms with Crippen molar-refractivity contribution in [1.82, 2.24) is 5.32 Å². The van der Waals surface area contributed by atoms with E-state index in [0.29, 0.717) is 11.7 Å². The number of rotatable bonds is 6. The first-order valence-electron chi connectivity index (χ1n) is 7.19. The zero-order valence-corrected chi connectivity index (χ0v) is 12.6. The molecule has 1 amide bonds. The highest BCUT2D eigenvalue weighted by molar-refractivity contribution is 5.86. The Bertz CT molecular complexity index is 530. The van der Waals surface area contributed by atoms with Crippen molar-refractivity contribution in [3.8, 4) is 5.75 Å². The Balaban J connectivity index is 2.08. The lowest BCUT2D eigenvalue weighted by molar-refractivity contribution is -0.121. The zero-order valence-electron chi connectivity index (χ0n) is 12.6. The topological polar surface area (TPSA) is 76.4 Å². The molecule has 116 valence electrons. The minimum absolute atomic E-state index is 0.0902. The second kappa shape index (κ2) is 6.20. The Kier molecular flexibility index (Phi) is 4.55. The molecule has 0 bridgehead atoms. The number of halogens is 1. The van der Waals surface area contributed by atoms with Crippen LogP contribution in [0.15, 0.2) is 12.1 Å². The Morgan fingerprint density at radius 2 is 2.05 bits per heavy atom. The minimum atomic E-state index is -0.512. The third-order valence-corrected chi connectivity index (χ3v) is 3.16. The highest BCUT2D eigenvalue weighted by Crippen LogP contribution is 2.29. The van der Waals surface area contributed by atoms with Crippen LogP contribution in [-0.2, 0) is 4.79 Å². The molecule has 1 aromatic rings. The van der Waals surface area contributed by atoms with Gasteiger partial charge in [0.25, 0.3) is 0 Å². The quantitative estimate of drug-likeness (QED) is 0.704. The first-order valence-corrected chi connectivity index (χ1v) is 7.19. The number of ether oxygens (including phenoxy) is 1. The minimum Gasteiger partial charge on any atom is -0.488 e. The monoisotopic (exact) mass is 295 g/mol. The van der Waals surface area contributed by atoms with Gasteiger partial charge in [-0.05, 0) is 33.6 Å². The van der Waals surface area contributed by atoms with Crippen molar-refractivity contribution in [2.24, 2.45) is 0 Å². The van der Waals surface area contributed by atoms with Gasteiger partial charge in [0, 0.05) is 18.2 Å². The largest absolute Gasteiger partial charge is 0.488 e. The highest BCUT2D eigenvalue weighted by Gasteiger charge is 2.26. The Hall–Kier alpha value is -1.98. The van der Waals surface area contributed by atoms with Crippen LogP contribution in [-0.4, -0.2) is 24.1 Å². The van der Waals surface area contributed by atoms with Gasteiger partial charge in [0.1, 0.15) is 6.04 Å². The highest BCUT2D eigenvalue weighted by atomic mass is 19.1. The normalized spacial score (nSPS) is 15.7. The van der Waals surface area contributed by atoms with Crippen molar-refractivity contribution >= 4 is 17.3 Å². The van der Waals surface area contributed by atoms with E-state index < -0.39 is 11.9 Å². The van der Waals surface area contributed by atoms with Crippen LogP contribution in [0, 0.1) is 5.82 Å². The van der Waals surface area contributed by atoms with Gasteiger partial charge in [-0.3, -0.25) is 4.79 Å². The van der Waals surface area contributed by atoms with E-state index in [4.69, 9.17) is 10.5 Å². The van der Waals surface area contributed by atoms with Gasteiger partial charge < -0.3 is 21.1 Å². The van der Waals surface area contributed by atoms with E-state index in [0.717, 1.165) is 12.8 Å². The maximum Gasteiger partial charge on any atom is 0.242 e. The smallest absolute Gasteiger partial charge is 0.242 e. The molecule has 2 rings (SSSR count). The molecule has 1 saturated carbocycles. The number of amides is 1. The lowest BCUT2D eigenvalue weighted by Crippen LogP contribution is -2.38. The van der Waals surface area contributed by atoms with Crippen molar-refractivity contribution < 1.29 is 13.9 Å². The van der Waals surface area contributed by atoms with Crippen molar-refractivity contribution in [2.75, 3.05) is 11.1 Å². The number of carbonyl (C=O) groups excluding carboxylic acids is 1. The summed E-state index contributed by atoms with van der Waals surface area (Å²) < 4.78 is 19.1. The van der Waals surface area contributed by atoms with Crippen molar-refractivity contribution in [3.63, 3.8) is 0 Å². The summed E-state index contributed by atoms with van der Waals surface area (Å²) in [7, 11) is 0. The zero-order chi connectivity index (χ0) is 15.6. The molecule has 0 saturated heterocycles. The fourth-order valence-corrected chi connectivity index (χ4v) is 1.89. The average molecular weight is 295 g/mol. The number of nitrogen functional groups attached to an aromatic ring is 1. The average Bonchev–Trinajstić information content (AvgIpc) is 3.18. The molecule has 1 aliphatic carbocycles. The molecule has 0 radical (unpaired) electrons. The van der Waals surface area contributed by atoms with Gasteiger partial charge in [0.05, 0.1) is 17.5 Å². The molecule has 1 atom stereocenters. The molecular formula is C15H22FN3O2. The molecule has 0 heterocycles. The van der Waals surface area contributed by atoms with Gasteiger partial charge >= 0.3 is 0 Å². The molecule has 1 unspecified atom stereocenters. The SMILES string of the molecule is CC(C)Oc1cc(NC(C)C(=O)NC2CC2)c(N)cc1F. The molecule has 4 N–H and O–H groups in total. The first kappa shape index (κ1) is 15.4. The summed E-state index contributed by atoms with van der Waals surface area (Å²) in [5.41, 5.74) is 6.53. The van der Waals surface area contributed by atoms with E-state index in [1.54, 1.807) is 6.92 Å². The number of anilines is 2. The number of hydrogen-bond acceptors (Lipinski definition) is 4. The number of hydrogen-bond donors (Lipinski definition) is 3. The summed E-state index contributed by atoms with van der Waals surface area (Å²) in [4.78, 5) is 11.9. The summed E-state index contributed by atoms with van der Waals surface area (Å²) in [6, 6.07) is 2.54. The van der Waals surface area contributed by atoms with Crippen molar-refractivity contribution in [2.45, 2.75) is 51.8 Å². The molecule has 1 fully saturated rings. The van der Waals surface area contributed by atoms with Crippen LogP contribution >= 0.6 is 0 Å². The summed E-state index contributed by atoms with van der Waals surface area (Å²) in [5.74, 6) is -0.481. The van der Waals surface area contributed by atoms with Gasteiger partial charge in [-0.2, -0.15) is 0 Å². The number of nitrogens with one attached hydrogen (secondary N) is 2. The Morgan fingerprint density at radius 3 is 2.62 bits per heavy atom. The van der Waals surface area contributed by atoms with Gasteiger partial charge in [0.2, 0.25) is 5.91 Å². The lowest BCUT2D eigenvalue weighted by atomic mass is 10.2. The van der Waals surface area contributed by atoms with Crippen molar-refractivity contribution in [3.05, 3.63) is 17.9 Å². The van der Waals surface area contributed by atoms with Gasteiger partial charge in [0.15, 0.2) is 11.6 Å². The number of carbonyl (C=O) groups is 1. The summed E-state index contributed by atoms with van der Waals surface area (Å²) in [5, 5.41) is 5.90. The van der Waals surface area contributed by atoms with E-state index in [9.17, 15) is 9.18 Å². The Morgan fingerprint density at radius 1 is 1.38 bits per heavy atom. The summed E-state index contributed by atoms with van der Waals surface area (Å²) in [6.07, 6.45) is 1.92. The standard InChI is InChI=1S/C15H22FN3O2/c1-8(2)21-14-7-13(12(17)6-11(14)16)18-9(3)15(20)19-10-4-5-10/h6-10,18H,4-5,17H2,1-3H3,(H,19,20). The number of nitrogens with two attached hydrogens (primary N) is 1. The molecule has 1 aromatic carbocycles. The molecule has 5 nitrogen and oxygen atoms in total. The predicted octanol–water partition coefficient (Wildman–Crippen LogP) is 2.27. The maximum atomic E-state index is 13.8. The van der Waals surface area contributed by atoms with E-state index in [2.05, 4.69) is 10.6 Å². The van der Waals surface area contributed by atoms with E-state index in [-0.39, 0.29) is 23.4 Å². The fourth-order valence-electron chi connectivity index (χ4n) is 1.89. The van der Waals surface area contributed by atoms with Crippen LogP contribution in [0.25, 0.3) is 0 Å². The van der Waals surface area contributed by atoms with E-state index in [1.807, 2.05) is 13.8 Å². The Labute approximate surface area is 124 Å². The van der Waals surface area contributed by atoms with Crippen LogP contribution in [0.2, 0.25) is 0 Å². The van der Waals surface area contributed by atoms with Crippen LogP contribution in [0.5, 0.6) is 5.75 Å². The molecule has 6 heteroatoms. The summed E-state index contributed by atoms with van der Waals surface area (Å²) in [6.45, 7) is 5.37. The van der Waals surface area contributed by atoms with Crippen LogP contribution in [0.1, 0.15) is 33.6 Å². The van der Waals surface area contributed by atoms with Gasteiger partial charge in [-0.25, -0.2) is 4.39 Å². The summed E-state index contributed by atoms with van der Waals surface area (Å²) >= 11 is 0. The second-order valence-electron chi connectivity index (χ2n) is 5.69. The molecule has 0 aromatic heterocycles. The van der Waals surface area contributed by atoms with Crippen molar-refractivity contribution in [1.29, 1.82) is 0 Å². The molecular weight excluding hydrogens is 273 g/mol. The molecule has 0 aliphatic heterocycles. The van der Waals surface area contributed by atoms with Gasteiger partial charge in [-0.1, -0.05) is 0 Å². The van der Waals surface area contributed by atoms with Crippen LogP contribution < -0.4 is 21.1 Å². The van der Waals surface area contributed by atoms with Gasteiger partial charge in [-0.15, -0.1) is 0 Å². The lowest BCUT2D eigenvalue weighted by Gasteiger charge is -2.18. The molecule has 21 heavy (non-hydrogen) atoms.